The Bertz CT molecular complexity index is 1330. The van der Waals surface area contributed by atoms with E-state index in [9.17, 15) is 14.4 Å². The number of halogens is 6. The number of nitrogens with one attached hydrogen (secondary N) is 3. The zero-order valence-corrected chi connectivity index (χ0v) is 26.0. The van der Waals surface area contributed by atoms with Crippen molar-refractivity contribution < 1.29 is 29.7 Å². The lowest BCUT2D eigenvalue weighted by atomic mass is 10.3. The smallest absolute Gasteiger partial charge is 0.325 e. The molecule has 18 nitrogen and oxygen atoms in total. The van der Waals surface area contributed by atoms with Crippen LogP contribution in [0.5, 0.6) is 0 Å². The molecule has 24 heteroatoms. The highest BCUT2D eigenvalue weighted by atomic mass is 35.5. The van der Waals surface area contributed by atoms with E-state index < -0.39 is 23.9 Å². The van der Waals surface area contributed by atoms with Gasteiger partial charge in [0.2, 0.25) is 49.5 Å². The molecule has 1 unspecified atom stereocenters. The van der Waals surface area contributed by atoms with Gasteiger partial charge < -0.3 is 31.3 Å². The predicted octanol–water partition coefficient (Wildman–Crippen LogP) is 3.58. The van der Waals surface area contributed by atoms with Gasteiger partial charge in [-0.1, -0.05) is 0 Å². The van der Waals surface area contributed by atoms with E-state index in [0.717, 1.165) is 0 Å². The van der Waals surface area contributed by atoms with Gasteiger partial charge >= 0.3 is 17.9 Å². The van der Waals surface area contributed by atoms with Crippen molar-refractivity contribution in [3.63, 3.8) is 0 Å². The molecule has 0 radical (unpaired) electrons. The first-order valence-electron chi connectivity index (χ1n) is 11.3. The van der Waals surface area contributed by atoms with Gasteiger partial charge in [0.15, 0.2) is 0 Å². The number of nitrogens with zero attached hydrogens (tertiary/aromatic N) is 9. The Balaban J connectivity index is 0.000000323. The van der Waals surface area contributed by atoms with E-state index >= 15 is 0 Å². The minimum Gasteiger partial charge on any atom is -0.481 e. The van der Waals surface area contributed by atoms with Gasteiger partial charge in [-0.2, -0.15) is 44.9 Å². The van der Waals surface area contributed by atoms with Crippen molar-refractivity contribution in [1.29, 1.82) is 0 Å². The second-order valence-corrected chi connectivity index (χ2v) is 9.32. The third kappa shape index (κ3) is 18.0. The summed E-state index contributed by atoms with van der Waals surface area (Å²) in [6.07, 6.45) is 0.511. The van der Waals surface area contributed by atoms with Crippen molar-refractivity contribution >= 4 is 105 Å². The summed E-state index contributed by atoms with van der Waals surface area (Å²) in [6, 6.07) is -0.829. The van der Waals surface area contributed by atoms with E-state index in [0.29, 0.717) is 13.0 Å². The standard InChI is InChI=1S/C7H8Cl2N4O2.2C6H6Cl2N4O2/c8-5-11-6(9)13-7(12-5)10-3-1-2-4(14)15;1-2(3(13)14)9-6-11-4(7)10-5(8)12-6;7-4-10-5(8)12-6(11-4)9-2-1-3(13)14/h1-3H2,(H,14,15)(H,10,11,12,13);2H,1H3,(H,13,14)(H,9,10,11,12);1-2H2,(H,13,14)(H,9,10,11,12). The van der Waals surface area contributed by atoms with Crippen molar-refractivity contribution in [2.45, 2.75) is 32.2 Å². The SMILES string of the molecule is CC(Nc1nc(Cl)nc(Cl)n1)C(=O)O.O=C(O)CCCNc1nc(Cl)nc(Cl)n1.O=C(O)CCNc1nc(Cl)nc(Cl)n1. The van der Waals surface area contributed by atoms with Crippen molar-refractivity contribution in [2.75, 3.05) is 29.0 Å². The zero-order chi connectivity index (χ0) is 32.5. The Labute approximate surface area is 272 Å². The molecule has 0 saturated carbocycles. The lowest BCUT2D eigenvalue weighted by Gasteiger charge is -2.08. The molecule has 3 rings (SSSR count). The molecule has 0 aliphatic rings. The highest BCUT2D eigenvalue weighted by Gasteiger charge is 2.13. The molecule has 3 aromatic rings. The van der Waals surface area contributed by atoms with Crippen molar-refractivity contribution in [3.8, 4) is 0 Å². The quantitative estimate of drug-likeness (QED) is 0.146. The van der Waals surface area contributed by atoms with Crippen molar-refractivity contribution in [1.82, 2.24) is 44.9 Å². The minimum absolute atomic E-state index is 0.00395. The molecule has 6 N–H and O–H groups in total. The van der Waals surface area contributed by atoms with Crippen LogP contribution in [-0.2, 0) is 14.4 Å². The maximum Gasteiger partial charge on any atom is 0.325 e. The zero-order valence-electron chi connectivity index (χ0n) is 21.5. The number of aromatic nitrogens is 9. The number of aliphatic carboxylic acids is 3. The Hall–Kier alpha value is -3.42. The van der Waals surface area contributed by atoms with Gasteiger partial charge in [-0.05, 0) is 83.0 Å². The van der Waals surface area contributed by atoms with Crippen LogP contribution in [0.15, 0.2) is 0 Å². The maximum absolute atomic E-state index is 10.5. The summed E-state index contributed by atoms with van der Waals surface area (Å²) in [7, 11) is 0. The molecule has 3 heterocycles. The summed E-state index contributed by atoms with van der Waals surface area (Å²) < 4.78 is 0. The minimum atomic E-state index is -1.03. The average Bonchev–Trinajstić information content (AvgIpc) is 2.85. The molecule has 234 valence electrons. The summed E-state index contributed by atoms with van der Waals surface area (Å²) in [4.78, 5) is 63.6. The molecule has 0 amide bonds. The number of carboxylic acid groups (broad SMARTS) is 3. The normalized spacial score (nSPS) is 10.7. The summed E-state index contributed by atoms with van der Waals surface area (Å²) >= 11 is 33.0. The number of rotatable bonds is 12. The summed E-state index contributed by atoms with van der Waals surface area (Å²) in [5.74, 6) is -2.35. The van der Waals surface area contributed by atoms with Crippen LogP contribution < -0.4 is 16.0 Å². The topological polar surface area (TPSA) is 264 Å². The second kappa shape index (κ2) is 19.7. The van der Waals surface area contributed by atoms with Crippen LogP contribution >= 0.6 is 69.6 Å². The van der Waals surface area contributed by atoms with Gasteiger partial charge in [0.25, 0.3) is 0 Å². The number of anilines is 3. The molecule has 0 bridgehead atoms. The Morgan fingerprint density at radius 2 is 0.930 bits per heavy atom. The van der Waals surface area contributed by atoms with E-state index in [1.165, 1.54) is 6.92 Å². The monoisotopic (exact) mass is 722 g/mol. The lowest BCUT2D eigenvalue weighted by molar-refractivity contribution is -0.138. The summed E-state index contributed by atoms with van der Waals surface area (Å²) in [5.41, 5.74) is 0. The number of hydrogen-bond acceptors (Lipinski definition) is 15. The van der Waals surface area contributed by atoms with E-state index in [-0.39, 0.29) is 68.9 Å². The van der Waals surface area contributed by atoms with E-state index in [1.807, 2.05) is 0 Å². The molecule has 43 heavy (non-hydrogen) atoms. The van der Waals surface area contributed by atoms with Gasteiger partial charge in [-0.25, -0.2) is 0 Å². The van der Waals surface area contributed by atoms with Crippen LogP contribution in [0, 0.1) is 0 Å². The number of hydrogen-bond donors (Lipinski definition) is 6. The molecule has 3 aromatic heterocycles. The summed E-state index contributed by atoms with van der Waals surface area (Å²) in [5, 5.41) is 33.0. The third-order valence-electron chi connectivity index (χ3n) is 3.93. The van der Waals surface area contributed by atoms with Gasteiger partial charge in [0.05, 0.1) is 6.42 Å². The molecule has 0 spiro atoms. The van der Waals surface area contributed by atoms with E-state index in [2.05, 4.69) is 60.8 Å². The van der Waals surface area contributed by atoms with Crippen LogP contribution in [-0.4, -0.2) is 97.2 Å². The lowest BCUT2D eigenvalue weighted by Crippen LogP contribution is -2.26. The average molecular weight is 725 g/mol. The first-order chi connectivity index (χ1) is 20.1. The van der Waals surface area contributed by atoms with Gasteiger partial charge in [0.1, 0.15) is 6.04 Å². The summed E-state index contributed by atoms with van der Waals surface area (Å²) in [6.45, 7) is 2.07. The maximum atomic E-state index is 10.5. The van der Waals surface area contributed by atoms with Crippen molar-refractivity contribution in [2.24, 2.45) is 0 Å². The highest BCUT2D eigenvalue weighted by molar-refractivity contribution is 6.32. The fourth-order valence-electron chi connectivity index (χ4n) is 2.18. The molecular weight excluding hydrogens is 705 g/mol. The molecule has 1 atom stereocenters. The van der Waals surface area contributed by atoms with E-state index in [4.69, 9.17) is 84.9 Å². The van der Waals surface area contributed by atoms with Crippen LogP contribution in [0.2, 0.25) is 31.7 Å². The Kier molecular flexibility index (Phi) is 17.2. The van der Waals surface area contributed by atoms with Crippen LogP contribution in [0.3, 0.4) is 0 Å². The Morgan fingerprint density at radius 1 is 0.581 bits per heavy atom. The molecular formula is C19H20Cl6N12O6. The third-order valence-corrected chi connectivity index (χ3v) is 4.95. The van der Waals surface area contributed by atoms with Crippen LogP contribution in [0.4, 0.5) is 17.8 Å². The highest BCUT2D eigenvalue weighted by Crippen LogP contribution is 2.11. The van der Waals surface area contributed by atoms with Crippen LogP contribution in [0.25, 0.3) is 0 Å². The second-order valence-electron chi connectivity index (χ2n) is 7.29. The van der Waals surface area contributed by atoms with E-state index in [1.54, 1.807) is 0 Å². The number of carboxylic acids is 3. The van der Waals surface area contributed by atoms with Gasteiger partial charge in [-0.15, -0.1) is 0 Å². The van der Waals surface area contributed by atoms with Crippen LogP contribution in [0.1, 0.15) is 26.2 Å². The molecule has 0 aromatic carbocycles. The largest absolute Gasteiger partial charge is 0.481 e. The first kappa shape index (κ1) is 37.6. The molecule has 0 aliphatic carbocycles. The fourth-order valence-corrected chi connectivity index (χ4v) is 3.27. The fraction of sp³-hybridized carbons (Fsp3) is 0.368. The first-order valence-corrected chi connectivity index (χ1v) is 13.5. The van der Waals surface area contributed by atoms with Gasteiger partial charge in [0, 0.05) is 19.5 Å². The molecule has 0 saturated heterocycles. The van der Waals surface area contributed by atoms with Crippen molar-refractivity contribution in [3.05, 3.63) is 31.7 Å². The molecule has 0 fully saturated rings. The van der Waals surface area contributed by atoms with Gasteiger partial charge in [-0.3, -0.25) is 14.4 Å². The molecule has 0 aliphatic heterocycles. The Morgan fingerprint density at radius 3 is 1.28 bits per heavy atom. The predicted molar refractivity (Wildman–Crippen MR) is 156 cm³/mol. The number of carbonyl (C=O) groups is 3.